The van der Waals surface area contributed by atoms with E-state index >= 15 is 0 Å². The van der Waals surface area contributed by atoms with E-state index in [9.17, 15) is 27.5 Å². The number of alkyl halides is 3. The van der Waals surface area contributed by atoms with Crippen molar-refractivity contribution >= 4 is 5.97 Å². The second kappa shape index (κ2) is 10.3. The van der Waals surface area contributed by atoms with Crippen molar-refractivity contribution < 1.29 is 46.4 Å². The monoisotopic (exact) mass is 521 g/mol. The quantitative estimate of drug-likeness (QED) is 0.349. The summed E-state index contributed by atoms with van der Waals surface area (Å²) in [6.07, 6.45) is -7.32. The zero-order chi connectivity index (χ0) is 26.9. The summed E-state index contributed by atoms with van der Waals surface area (Å²) in [4.78, 5) is 15.5. The Morgan fingerprint density at radius 3 is 2.54 bits per heavy atom. The summed E-state index contributed by atoms with van der Waals surface area (Å²) in [7, 11) is 2.55. The van der Waals surface area contributed by atoms with Crippen LogP contribution < -0.4 is 14.2 Å². The van der Waals surface area contributed by atoms with Gasteiger partial charge in [0.25, 0.3) is 0 Å². The highest BCUT2D eigenvalue weighted by Crippen LogP contribution is 2.42. The molecule has 0 amide bonds. The molecule has 37 heavy (non-hydrogen) atoms. The molecule has 1 aliphatic heterocycles. The highest BCUT2D eigenvalue weighted by Gasteiger charge is 2.40. The number of nitrogens with zero attached hydrogens (tertiary/aromatic N) is 1. The molecule has 11 heteroatoms. The van der Waals surface area contributed by atoms with Gasteiger partial charge in [0.15, 0.2) is 23.3 Å². The molecule has 1 N–H and O–H groups in total. The minimum atomic E-state index is -4.88. The zero-order valence-corrected chi connectivity index (χ0v) is 20.0. The zero-order valence-electron chi connectivity index (χ0n) is 20.0. The Morgan fingerprint density at radius 2 is 1.86 bits per heavy atom. The lowest BCUT2D eigenvalue weighted by Crippen LogP contribution is -2.26. The number of aliphatic hydroxyl groups is 1. The van der Waals surface area contributed by atoms with Crippen LogP contribution >= 0.6 is 0 Å². The molecule has 1 aliphatic rings. The van der Waals surface area contributed by atoms with Crippen LogP contribution in [0.2, 0.25) is 0 Å². The minimum absolute atomic E-state index is 0.0842. The van der Waals surface area contributed by atoms with Crippen molar-refractivity contribution in [2.75, 3.05) is 20.8 Å². The second-order valence-electron chi connectivity index (χ2n) is 8.36. The molecule has 0 saturated carbocycles. The fourth-order valence-corrected chi connectivity index (χ4v) is 3.96. The fraction of sp³-hybridized carbons (Fsp3) is 0.308. The van der Waals surface area contributed by atoms with Gasteiger partial charge in [-0.3, -0.25) is 4.79 Å². The van der Waals surface area contributed by atoms with Gasteiger partial charge < -0.3 is 24.1 Å². The first kappa shape index (κ1) is 26.2. The van der Waals surface area contributed by atoms with Crippen LogP contribution in [0, 0.1) is 11.7 Å². The lowest BCUT2D eigenvalue weighted by Gasteiger charge is -2.29. The highest BCUT2D eigenvalue weighted by atomic mass is 19.4. The van der Waals surface area contributed by atoms with Gasteiger partial charge in [0.2, 0.25) is 0 Å². The van der Waals surface area contributed by atoms with Crippen molar-refractivity contribution in [3.8, 4) is 28.5 Å². The summed E-state index contributed by atoms with van der Waals surface area (Å²) in [6, 6.07) is 10.5. The number of hydrogen-bond acceptors (Lipinski definition) is 7. The molecule has 0 saturated heterocycles. The van der Waals surface area contributed by atoms with E-state index in [1.54, 1.807) is 0 Å². The molecule has 2 heterocycles. The molecule has 196 valence electrons. The number of carbonyl (C=O) groups is 1. The van der Waals surface area contributed by atoms with Gasteiger partial charge in [-0.2, -0.15) is 13.2 Å². The predicted molar refractivity (Wildman–Crippen MR) is 123 cm³/mol. The van der Waals surface area contributed by atoms with Crippen LogP contribution in [0.4, 0.5) is 17.6 Å². The Bertz CT molecular complexity index is 1310. The number of aromatic nitrogens is 1. The van der Waals surface area contributed by atoms with E-state index in [0.29, 0.717) is 5.56 Å². The maximum absolute atomic E-state index is 14.4. The lowest BCUT2D eigenvalue weighted by molar-refractivity contribution is -0.148. The highest BCUT2D eigenvalue weighted by molar-refractivity contribution is 5.73. The van der Waals surface area contributed by atoms with Gasteiger partial charge in [-0.1, -0.05) is 12.1 Å². The summed E-state index contributed by atoms with van der Waals surface area (Å²) < 4.78 is 77.7. The fourth-order valence-electron chi connectivity index (χ4n) is 3.96. The first-order valence-corrected chi connectivity index (χ1v) is 11.1. The molecule has 0 radical (unpaired) electrons. The number of benzene rings is 2. The molecule has 3 atom stereocenters. The van der Waals surface area contributed by atoms with Crippen molar-refractivity contribution in [2.45, 2.75) is 25.3 Å². The van der Waals surface area contributed by atoms with Crippen molar-refractivity contribution in [3.63, 3.8) is 0 Å². The van der Waals surface area contributed by atoms with Crippen LogP contribution in [0.15, 0.2) is 48.5 Å². The van der Waals surface area contributed by atoms with Crippen molar-refractivity contribution in [2.24, 2.45) is 5.92 Å². The number of pyridine rings is 1. The van der Waals surface area contributed by atoms with E-state index in [0.717, 1.165) is 6.07 Å². The third-order valence-corrected chi connectivity index (χ3v) is 6.01. The third-order valence-electron chi connectivity index (χ3n) is 6.01. The SMILES string of the molecule is COC(=O)[C@@H](C)[C@@H](O)c1ccc2c(c1)OC(c1ccc(-c3cc(OC)ccc3F)nc1C(F)(F)F)CO2. The van der Waals surface area contributed by atoms with Gasteiger partial charge in [-0.15, -0.1) is 0 Å². The summed E-state index contributed by atoms with van der Waals surface area (Å²) in [5.41, 5.74) is -1.65. The summed E-state index contributed by atoms with van der Waals surface area (Å²) in [6.45, 7) is 1.23. The van der Waals surface area contributed by atoms with Crippen LogP contribution in [0.25, 0.3) is 11.3 Å². The average Bonchev–Trinajstić information content (AvgIpc) is 2.90. The summed E-state index contributed by atoms with van der Waals surface area (Å²) >= 11 is 0. The number of fused-ring (bicyclic) bond motifs is 1. The molecule has 3 aromatic rings. The van der Waals surface area contributed by atoms with E-state index in [4.69, 9.17) is 14.2 Å². The molecule has 0 aliphatic carbocycles. The number of methoxy groups -OCH3 is 2. The van der Waals surface area contributed by atoms with Gasteiger partial charge in [0.1, 0.15) is 18.2 Å². The standard InChI is InChI=1S/C26H23F4NO6/c1-13(25(33)35-3)23(32)14-4-9-20-21(10-14)37-22(12-36-20)16-6-8-19(31-24(16)26(28,29)30)17-11-15(34-2)5-7-18(17)27/h4-11,13,22-23,32H,12H2,1-3H3/t13-,22?,23+/m0/s1. The van der Waals surface area contributed by atoms with Crippen molar-refractivity contribution in [1.29, 1.82) is 0 Å². The number of halogens is 4. The lowest BCUT2D eigenvalue weighted by atomic mass is 9.97. The number of esters is 1. The summed E-state index contributed by atoms with van der Waals surface area (Å²) in [5.74, 6) is -1.68. The van der Waals surface area contributed by atoms with Crippen molar-refractivity contribution in [1.82, 2.24) is 4.98 Å². The minimum Gasteiger partial charge on any atom is -0.497 e. The molecule has 1 aromatic heterocycles. The topological polar surface area (TPSA) is 87.1 Å². The third kappa shape index (κ3) is 5.31. The number of carbonyl (C=O) groups excluding carboxylic acids is 1. The van der Waals surface area contributed by atoms with Crippen LogP contribution in [0.5, 0.6) is 17.2 Å². The van der Waals surface area contributed by atoms with Crippen LogP contribution in [-0.2, 0) is 15.7 Å². The number of hydrogen-bond donors (Lipinski definition) is 1. The smallest absolute Gasteiger partial charge is 0.433 e. The van der Waals surface area contributed by atoms with E-state index in [1.807, 2.05) is 0 Å². The Labute approximate surface area is 209 Å². The van der Waals surface area contributed by atoms with E-state index in [1.165, 1.54) is 63.6 Å². The molecule has 0 fully saturated rings. The molecule has 1 unspecified atom stereocenters. The van der Waals surface area contributed by atoms with Gasteiger partial charge in [-0.25, -0.2) is 9.37 Å². The number of ether oxygens (including phenoxy) is 4. The van der Waals surface area contributed by atoms with Gasteiger partial charge in [0.05, 0.1) is 31.9 Å². The van der Waals surface area contributed by atoms with Crippen LogP contribution in [0.1, 0.15) is 36.0 Å². The van der Waals surface area contributed by atoms with Gasteiger partial charge >= 0.3 is 12.1 Å². The Kier molecular flexibility index (Phi) is 7.26. The number of rotatable bonds is 6. The predicted octanol–water partition coefficient (Wildman–Crippen LogP) is 5.27. The van der Waals surface area contributed by atoms with Gasteiger partial charge in [0, 0.05) is 11.1 Å². The first-order valence-electron chi connectivity index (χ1n) is 11.1. The molecule has 4 rings (SSSR count). The Balaban J connectivity index is 1.69. The molecule has 0 bridgehead atoms. The molecule has 2 aromatic carbocycles. The van der Waals surface area contributed by atoms with E-state index in [2.05, 4.69) is 9.72 Å². The van der Waals surface area contributed by atoms with Crippen molar-refractivity contribution in [3.05, 3.63) is 71.2 Å². The summed E-state index contributed by atoms with van der Waals surface area (Å²) in [5, 5.41) is 10.5. The molecule has 0 spiro atoms. The van der Waals surface area contributed by atoms with Crippen LogP contribution in [-0.4, -0.2) is 36.9 Å². The second-order valence-corrected chi connectivity index (χ2v) is 8.36. The molecular formula is C26H23F4NO6. The normalized spacial score (nSPS) is 16.6. The largest absolute Gasteiger partial charge is 0.497 e. The maximum atomic E-state index is 14.4. The van der Waals surface area contributed by atoms with Gasteiger partial charge in [-0.05, 0) is 48.9 Å². The Morgan fingerprint density at radius 1 is 1.11 bits per heavy atom. The van der Waals surface area contributed by atoms with E-state index < -0.39 is 41.8 Å². The molecule has 7 nitrogen and oxygen atoms in total. The Hall–Kier alpha value is -3.86. The maximum Gasteiger partial charge on any atom is 0.433 e. The molecular weight excluding hydrogens is 498 g/mol. The van der Waals surface area contributed by atoms with E-state index in [-0.39, 0.29) is 40.7 Å². The van der Waals surface area contributed by atoms with Crippen LogP contribution in [0.3, 0.4) is 0 Å². The average molecular weight is 521 g/mol. The first-order chi connectivity index (χ1) is 17.5. The number of aliphatic hydroxyl groups excluding tert-OH is 1.